The molecule has 0 amide bonds. The van der Waals surface area contributed by atoms with Crippen molar-refractivity contribution < 1.29 is 17.2 Å². The van der Waals surface area contributed by atoms with Crippen molar-refractivity contribution in [2.45, 2.75) is 44.2 Å². The summed E-state index contributed by atoms with van der Waals surface area (Å²) in [6.45, 7) is 4.61. The van der Waals surface area contributed by atoms with E-state index in [0.717, 1.165) is 20.0 Å². The van der Waals surface area contributed by atoms with E-state index in [1.54, 1.807) is 0 Å². The fraction of sp³-hybridized carbons (Fsp3) is 0.750. The van der Waals surface area contributed by atoms with Crippen LogP contribution in [0.25, 0.3) is 0 Å². The van der Waals surface area contributed by atoms with E-state index in [1.807, 2.05) is 13.8 Å². The first-order chi connectivity index (χ1) is 9.73. The van der Waals surface area contributed by atoms with Gasteiger partial charge in [0.05, 0.1) is 12.7 Å². The number of alkyl halides is 2. The Morgan fingerprint density at radius 1 is 1.43 bits per heavy atom. The second kappa shape index (κ2) is 7.81. The molecule has 0 atom stereocenters. The summed E-state index contributed by atoms with van der Waals surface area (Å²) >= 11 is 0. The van der Waals surface area contributed by atoms with Gasteiger partial charge in [0.25, 0.3) is 6.43 Å². The molecule has 0 saturated heterocycles. The quantitative estimate of drug-likeness (QED) is 0.692. The number of nitrogens with one attached hydrogen (secondary N) is 1. The van der Waals surface area contributed by atoms with Crippen LogP contribution < -0.4 is 5.32 Å². The number of rotatable bonds is 9. The van der Waals surface area contributed by atoms with E-state index in [4.69, 9.17) is 0 Å². The SMILES string of the molecule is CC(C)NCCCn1cc(S(=O)(=O)N(C)CC(F)F)cn1. The number of hydrogen-bond acceptors (Lipinski definition) is 4. The number of nitrogens with zero attached hydrogens (tertiary/aromatic N) is 3. The first-order valence-electron chi connectivity index (χ1n) is 6.74. The Morgan fingerprint density at radius 3 is 2.67 bits per heavy atom. The molecule has 1 aromatic heterocycles. The predicted molar refractivity (Wildman–Crippen MR) is 75.8 cm³/mol. The molecule has 0 aliphatic carbocycles. The molecular formula is C12H22F2N4O2S. The van der Waals surface area contributed by atoms with Gasteiger partial charge in [-0.1, -0.05) is 13.8 Å². The highest BCUT2D eigenvalue weighted by Gasteiger charge is 2.25. The normalized spacial score (nSPS) is 12.8. The van der Waals surface area contributed by atoms with Gasteiger partial charge in [0.2, 0.25) is 10.0 Å². The molecule has 0 spiro atoms. The molecule has 0 aromatic carbocycles. The molecule has 0 radical (unpaired) electrons. The van der Waals surface area contributed by atoms with E-state index in [0.29, 0.717) is 16.9 Å². The minimum Gasteiger partial charge on any atom is -0.314 e. The molecule has 0 fully saturated rings. The molecule has 0 saturated carbocycles. The van der Waals surface area contributed by atoms with Crippen molar-refractivity contribution in [2.75, 3.05) is 20.1 Å². The van der Waals surface area contributed by atoms with Crippen LogP contribution in [-0.2, 0) is 16.6 Å². The number of aryl methyl sites for hydroxylation is 1. The van der Waals surface area contributed by atoms with Crippen LogP contribution in [0.4, 0.5) is 8.78 Å². The van der Waals surface area contributed by atoms with Crippen molar-refractivity contribution in [1.82, 2.24) is 19.4 Å². The summed E-state index contributed by atoms with van der Waals surface area (Å²) in [7, 11) is -2.77. The summed E-state index contributed by atoms with van der Waals surface area (Å²) in [6, 6.07) is 0.390. The summed E-state index contributed by atoms with van der Waals surface area (Å²) in [5.74, 6) is 0. The number of hydrogen-bond donors (Lipinski definition) is 1. The largest absolute Gasteiger partial charge is 0.314 e. The molecule has 1 aromatic rings. The number of aromatic nitrogens is 2. The van der Waals surface area contributed by atoms with Gasteiger partial charge in [0.15, 0.2) is 0 Å². The molecule has 6 nitrogen and oxygen atoms in total. The first kappa shape index (κ1) is 18.0. The van der Waals surface area contributed by atoms with Crippen molar-refractivity contribution in [2.24, 2.45) is 0 Å². The van der Waals surface area contributed by atoms with E-state index in [-0.39, 0.29) is 4.90 Å². The standard InChI is InChI=1S/C12H22F2N4O2S/c1-10(2)15-5-4-6-18-8-11(7-16-18)21(19,20)17(3)9-12(13)14/h7-8,10,12,15H,4-6,9H2,1-3H3. The van der Waals surface area contributed by atoms with Crippen LogP contribution in [0.5, 0.6) is 0 Å². The van der Waals surface area contributed by atoms with Crippen molar-refractivity contribution >= 4 is 10.0 Å². The predicted octanol–water partition coefficient (Wildman–Crippen LogP) is 1.16. The zero-order valence-corrected chi connectivity index (χ0v) is 13.3. The third-order valence-corrected chi connectivity index (χ3v) is 4.61. The lowest BCUT2D eigenvalue weighted by Gasteiger charge is -2.14. The van der Waals surface area contributed by atoms with Crippen LogP contribution in [0.1, 0.15) is 20.3 Å². The monoisotopic (exact) mass is 324 g/mol. The molecule has 0 aliphatic heterocycles. The van der Waals surface area contributed by atoms with Gasteiger partial charge in [-0.05, 0) is 13.0 Å². The molecule has 0 unspecified atom stereocenters. The average Bonchev–Trinajstić information content (AvgIpc) is 2.83. The molecule has 21 heavy (non-hydrogen) atoms. The van der Waals surface area contributed by atoms with Gasteiger partial charge >= 0.3 is 0 Å². The maximum Gasteiger partial charge on any atom is 0.252 e. The van der Waals surface area contributed by atoms with Crippen molar-refractivity contribution in [1.29, 1.82) is 0 Å². The molecule has 1 rings (SSSR count). The van der Waals surface area contributed by atoms with Crippen molar-refractivity contribution in [3.63, 3.8) is 0 Å². The van der Waals surface area contributed by atoms with Gasteiger partial charge in [0, 0.05) is 25.8 Å². The second-order valence-electron chi connectivity index (χ2n) is 5.08. The van der Waals surface area contributed by atoms with E-state index < -0.39 is 23.0 Å². The minimum absolute atomic E-state index is 0.0672. The Balaban J connectivity index is 2.61. The van der Waals surface area contributed by atoms with Crippen LogP contribution in [0.3, 0.4) is 0 Å². The summed E-state index contributed by atoms with van der Waals surface area (Å²) in [5.41, 5.74) is 0. The zero-order chi connectivity index (χ0) is 16.0. The summed E-state index contributed by atoms with van der Waals surface area (Å²) < 4.78 is 50.7. The Bertz CT molecular complexity index is 531. The highest BCUT2D eigenvalue weighted by Crippen LogP contribution is 2.14. The molecule has 0 aliphatic rings. The topological polar surface area (TPSA) is 67.2 Å². The van der Waals surface area contributed by atoms with Crippen LogP contribution in [0, 0.1) is 0 Å². The lowest BCUT2D eigenvalue weighted by molar-refractivity contribution is 0.126. The third-order valence-electron chi connectivity index (χ3n) is 2.83. The van der Waals surface area contributed by atoms with Gasteiger partial charge in [-0.3, -0.25) is 4.68 Å². The maximum absolute atomic E-state index is 12.3. The highest BCUT2D eigenvalue weighted by molar-refractivity contribution is 7.89. The Morgan fingerprint density at radius 2 is 2.10 bits per heavy atom. The second-order valence-corrected chi connectivity index (χ2v) is 7.12. The number of sulfonamides is 1. The molecular weight excluding hydrogens is 302 g/mol. The van der Waals surface area contributed by atoms with Gasteiger partial charge in [0.1, 0.15) is 4.90 Å². The zero-order valence-electron chi connectivity index (χ0n) is 12.5. The molecule has 122 valence electrons. The van der Waals surface area contributed by atoms with E-state index in [9.17, 15) is 17.2 Å². The van der Waals surface area contributed by atoms with Gasteiger partial charge < -0.3 is 5.32 Å². The fourth-order valence-electron chi connectivity index (χ4n) is 1.70. The lowest BCUT2D eigenvalue weighted by Crippen LogP contribution is -2.31. The van der Waals surface area contributed by atoms with Crippen LogP contribution in [0.15, 0.2) is 17.3 Å². The Hall–Kier alpha value is -1.06. The average molecular weight is 324 g/mol. The van der Waals surface area contributed by atoms with Crippen LogP contribution in [-0.4, -0.2) is 55.1 Å². The molecule has 0 bridgehead atoms. The Labute approximate surface area is 124 Å². The number of halogens is 2. The summed E-state index contributed by atoms with van der Waals surface area (Å²) in [6.07, 6.45) is 0.647. The van der Waals surface area contributed by atoms with Crippen LogP contribution >= 0.6 is 0 Å². The minimum atomic E-state index is -3.90. The van der Waals surface area contributed by atoms with Gasteiger partial charge in [-0.25, -0.2) is 17.2 Å². The van der Waals surface area contributed by atoms with Crippen molar-refractivity contribution in [3.05, 3.63) is 12.4 Å². The summed E-state index contributed by atoms with van der Waals surface area (Å²) in [5, 5.41) is 7.20. The third kappa shape index (κ3) is 5.68. The van der Waals surface area contributed by atoms with E-state index in [1.165, 1.54) is 17.1 Å². The van der Waals surface area contributed by atoms with Gasteiger partial charge in [-0.2, -0.15) is 9.40 Å². The van der Waals surface area contributed by atoms with Crippen LogP contribution in [0.2, 0.25) is 0 Å². The van der Waals surface area contributed by atoms with E-state index >= 15 is 0 Å². The first-order valence-corrected chi connectivity index (χ1v) is 8.18. The highest BCUT2D eigenvalue weighted by atomic mass is 32.2. The van der Waals surface area contributed by atoms with E-state index in [2.05, 4.69) is 10.4 Å². The fourth-order valence-corrected chi connectivity index (χ4v) is 2.81. The smallest absolute Gasteiger partial charge is 0.252 e. The molecule has 1 N–H and O–H groups in total. The lowest BCUT2D eigenvalue weighted by atomic mass is 10.3. The molecule has 1 heterocycles. The molecule has 9 heteroatoms. The summed E-state index contributed by atoms with van der Waals surface area (Å²) in [4.78, 5) is -0.0672. The maximum atomic E-state index is 12.3. The Kier molecular flexibility index (Phi) is 6.69. The van der Waals surface area contributed by atoms with Gasteiger partial charge in [-0.15, -0.1) is 0 Å². The van der Waals surface area contributed by atoms with Crippen molar-refractivity contribution in [3.8, 4) is 0 Å².